The summed E-state index contributed by atoms with van der Waals surface area (Å²) in [5.74, 6) is 1.58. The van der Waals surface area contributed by atoms with Crippen LogP contribution in [0.4, 0.5) is 0 Å². The van der Waals surface area contributed by atoms with E-state index in [0.717, 1.165) is 11.0 Å². The fraction of sp³-hybridized carbons (Fsp3) is 0.467. The summed E-state index contributed by atoms with van der Waals surface area (Å²) < 4.78 is 2.31. The summed E-state index contributed by atoms with van der Waals surface area (Å²) in [6.45, 7) is 2.24. The number of rotatable bonds is 3. The predicted octanol–water partition coefficient (Wildman–Crippen LogP) is 3.19. The van der Waals surface area contributed by atoms with Crippen LogP contribution in [0.2, 0.25) is 0 Å². The Bertz CT molecular complexity index is 685. The van der Waals surface area contributed by atoms with E-state index in [2.05, 4.69) is 11.5 Å². The minimum Gasteiger partial charge on any atom is -0.478 e. The van der Waals surface area contributed by atoms with Gasteiger partial charge in [-0.1, -0.05) is 6.92 Å². The Morgan fingerprint density at radius 3 is 2.74 bits per heavy atom. The van der Waals surface area contributed by atoms with Gasteiger partial charge in [-0.25, -0.2) is 9.78 Å². The number of carbonyl (C=O) groups is 1. The molecular formula is C15H16N2O2. The highest BCUT2D eigenvalue weighted by Gasteiger charge is 2.40. The summed E-state index contributed by atoms with van der Waals surface area (Å²) in [4.78, 5) is 15.9. The number of benzene rings is 1. The lowest BCUT2D eigenvalue weighted by Gasteiger charge is -2.07. The quantitative estimate of drug-likeness (QED) is 0.917. The van der Waals surface area contributed by atoms with Crippen molar-refractivity contribution in [2.24, 2.45) is 5.92 Å². The first-order valence-electron chi connectivity index (χ1n) is 6.90. The number of nitrogens with zero attached hydrogens (tertiary/aromatic N) is 2. The number of aromatic carboxylic acids is 1. The van der Waals surface area contributed by atoms with Crippen LogP contribution >= 0.6 is 0 Å². The SMILES string of the molecule is CC1CC1n1c(C2CC2)nc2ccc(C(=O)O)cc21. The molecule has 2 fully saturated rings. The number of hydrogen-bond donors (Lipinski definition) is 1. The molecule has 98 valence electrons. The number of aromatic nitrogens is 2. The second-order valence-corrected chi connectivity index (χ2v) is 5.90. The van der Waals surface area contributed by atoms with E-state index in [-0.39, 0.29) is 0 Å². The van der Waals surface area contributed by atoms with Crippen LogP contribution in [0.5, 0.6) is 0 Å². The topological polar surface area (TPSA) is 55.1 Å². The molecule has 2 unspecified atom stereocenters. The third-order valence-electron chi connectivity index (χ3n) is 4.30. The molecule has 1 N–H and O–H groups in total. The molecule has 2 atom stereocenters. The number of carboxylic acids is 1. The smallest absolute Gasteiger partial charge is 0.335 e. The lowest BCUT2D eigenvalue weighted by atomic mass is 10.2. The first-order valence-corrected chi connectivity index (χ1v) is 6.90. The Kier molecular flexibility index (Phi) is 2.08. The van der Waals surface area contributed by atoms with E-state index in [1.807, 2.05) is 6.07 Å². The fourth-order valence-electron chi connectivity index (χ4n) is 2.88. The van der Waals surface area contributed by atoms with Crippen molar-refractivity contribution in [3.8, 4) is 0 Å². The highest BCUT2D eigenvalue weighted by molar-refractivity contribution is 5.92. The van der Waals surface area contributed by atoms with Crippen molar-refractivity contribution in [1.82, 2.24) is 9.55 Å². The van der Waals surface area contributed by atoms with Crippen LogP contribution in [-0.4, -0.2) is 20.6 Å². The van der Waals surface area contributed by atoms with Crippen LogP contribution in [-0.2, 0) is 0 Å². The van der Waals surface area contributed by atoms with Gasteiger partial charge in [0.2, 0.25) is 0 Å². The molecule has 2 aromatic rings. The van der Waals surface area contributed by atoms with E-state index in [0.29, 0.717) is 23.4 Å². The Hall–Kier alpha value is -1.84. The third-order valence-corrected chi connectivity index (χ3v) is 4.30. The Morgan fingerprint density at radius 2 is 2.16 bits per heavy atom. The van der Waals surface area contributed by atoms with Crippen LogP contribution in [0.25, 0.3) is 11.0 Å². The van der Waals surface area contributed by atoms with Crippen molar-refractivity contribution >= 4 is 17.0 Å². The second kappa shape index (κ2) is 3.59. The van der Waals surface area contributed by atoms with Crippen LogP contribution in [0.15, 0.2) is 18.2 Å². The summed E-state index contributed by atoms with van der Waals surface area (Å²) >= 11 is 0. The van der Waals surface area contributed by atoms with Crippen molar-refractivity contribution < 1.29 is 9.90 Å². The van der Waals surface area contributed by atoms with E-state index in [1.165, 1.54) is 25.1 Å². The minimum atomic E-state index is -0.869. The van der Waals surface area contributed by atoms with Crippen molar-refractivity contribution in [2.45, 2.75) is 38.1 Å². The molecule has 0 spiro atoms. The van der Waals surface area contributed by atoms with Gasteiger partial charge < -0.3 is 9.67 Å². The number of carboxylic acid groups (broad SMARTS) is 1. The van der Waals surface area contributed by atoms with Crippen LogP contribution in [0.1, 0.15) is 54.3 Å². The van der Waals surface area contributed by atoms with Gasteiger partial charge in [-0.3, -0.25) is 0 Å². The van der Waals surface area contributed by atoms with Crippen molar-refractivity contribution in [3.05, 3.63) is 29.6 Å². The lowest BCUT2D eigenvalue weighted by molar-refractivity contribution is 0.0697. The summed E-state index contributed by atoms with van der Waals surface area (Å²) in [5.41, 5.74) is 2.28. The predicted molar refractivity (Wildman–Crippen MR) is 71.5 cm³/mol. The molecule has 0 aliphatic heterocycles. The molecule has 1 aromatic heterocycles. The van der Waals surface area contributed by atoms with Gasteiger partial charge in [0.05, 0.1) is 16.6 Å². The summed E-state index contributed by atoms with van der Waals surface area (Å²) in [5, 5.41) is 9.14. The van der Waals surface area contributed by atoms with E-state index in [9.17, 15) is 4.79 Å². The van der Waals surface area contributed by atoms with E-state index >= 15 is 0 Å². The third kappa shape index (κ3) is 1.66. The summed E-state index contributed by atoms with van der Waals surface area (Å²) in [6.07, 6.45) is 3.62. The molecule has 4 rings (SSSR count). The van der Waals surface area contributed by atoms with Gasteiger partial charge in [0.25, 0.3) is 0 Å². The zero-order chi connectivity index (χ0) is 13.1. The van der Waals surface area contributed by atoms with Crippen LogP contribution in [0.3, 0.4) is 0 Å². The van der Waals surface area contributed by atoms with E-state index < -0.39 is 5.97 Å². The van der Waals surface area contributed by atoms with Gasteiger partial charge in [0.15, 0.2) is 0 Å². The van der Waals surface area contributed by atoms with E-state index in [1.54, 1.807) is 12.1 Å². The van der Waals surface area contributed by atoms with Crippen molar-refractivity contribution in [3.63, 3.8) is 0 Å². The standard InChI is InChI=1S/C15H16N2O2/c1-8-6-12(8)17-13-7-10(15(18)19)4-5-11(13)16-14(17)9-2-3-9/h4-5,7-9,12H,2-3,6H2,1H3,(H,18,19). The zero-order valence-electron chi connectivity index (χ0n) is 10.8. The van der Waals surface area contributed by atoms with Crippen molar-refractivity contribution in [2.75, 3.05) is 0 Å². The van der Waals surface area contributed by atoms with Gasteiger partial charge in [0.1, 0.15) is 5.82 Å². The molecule has 2 saturated carbocycles. The Morgan fingerprint density at radius 1 is 1.42 bits per heavy atom. The zero-order valence-corrected chi connectivity index (χ0v) is 10.8. The monoisotopic (exact) mass is 256 g/mol. The Labute approximate surface area is 111 Å². The molecule has 2 aliphatic rings. The van der Waals surface area contributed by atoms with Gasteiger partial charge in [-0.15, -0.1) is 0 Å². The number of imidazole rings is 1. The van der Waals surface area contributed by atoms with Gasteiger partial charge in [-0.05, 0) is 43.4 Å². The molecule has 1 aromatic carbocycles. The first kappa shape index (κ1) is 11.0. The lowest BCUT2D eigenvalue weighted by Crippen LogP contribution is -2.02. The summed E-state index contributed by atoms with van der Waals surface area (Å²) in [7, 11) is 0. The fourth-order valence-corrected chi connectivity index (χ4v) is 2.88. The number of fused-ring (bicyclic) bond motifs is 1. The second-order valence-electron chi connectivity index (χ2n) is 5.90. The van der Waals surface area contributed by atoms with Gasteiger partial charge >= 0.3 is 5.97 Å². The molecule has 2 aliphatic carbocycles. The number of hydrogen-bond acceptors (Lipinski definition) is 2. The Balaban J connectivity index is 1.94. The molecule has 4 nitrogen and oxygen atoms in total. The molecule has 1 heterocycles. The largest absolute Gasteiger partial charge is 0.478 e. The normalized spacial score (nSPS) is 25.7. The maximum Gasteiger partial charge on any atom is 0.335 e. The highest BCUT2D eigenvalue weighted by atomic mass is 16.4. The highest BCUT2D eigenvalue weighted by Crippen LogP contribution is 2.49. The molecule has 0 amide bonds. The maximum atomic E-state index is 11.1. The average molecular weight is 256 g/mol. The molecule has 4 heteroatoms. The molecule has 0 saturated heterocycles. The summed E-state index contributed by atoms with van der Waals surface area (Å²) in [6, 6.07) is 5.79. The van der Waals surface area contributed by atoms with Gasteiger partial charge in [-0.2, -0.15) is 0 Å². The molecule has 19 heavy (non-hydrogen) atoms. The minimum absolute atomic E-state index is 0.351. The first-order chi connectivity index (χ1) is 9.15. The van der Waals surface area contributed by atoms with Crippen molar-refractivity contribution in [1.29, 1.82) is 0 Å². The molecule has 0 bridgehead atoms. The average Bonchev–Trinajstić information content (AvgIpc) is 3.29. The van der Waals surface area contributed by atoms with Crippen LogP contribution in [0, 0.1) is 5.92 Å². The maximum absolute atomic E-state index is 11.1. The molecule has 0 radical (unpaired) electrons. The molecular weight excluding hydrogens is 240 g/mol. The van der Waals surface area contributed by atoms with Gasteiger partial charge in [0, 0.05) is 12.0 Å². The van der Waals surface area contributed by atoms with Crippen LogP contribution < -0.4 is 0 Å². The van der Waals surface area contributed by atoms with E-state index in [4.69, 9.17) is 10.1 Å².